The molecule has 0 aliphatic rings. The molecule has 1 amide bonds. The number of pyridine rings is 1. The third-order valence-corrected chi connectivity index (χ3v) is 4.28. The van der Waals surface area contributed by atoms with Gasteiger partial charge in [-0.25, -0.2) is 14.2 Å². The molecule has 136 valence electrons. The minimum atomic E-state index is -0.665. The molecule has 1 aromatic carbocycles. The molecule has 4 rings (SSSR count). The van der Waals surface area contributed by atoms with Gasteiger partial charge in [-0.2, -0.15) is 5.10 Å². The van der Waals surface area contributed by atoms with Gasteiger partial charge < -0.3 is 9.72 Å². The lowest BCUT2D eigenvalue weighted by Crippen LogP contribution is -2.16. The number of halogens is 2. The summed E-state index contributed by atoms with van der Waals surface area (Å²) in [4.78, 5) is 19.3. The second-order valence-electron chi connectivity index (χ2n) is 5.73. The van der Waals surface area contributed by atoms with Crippen molar-refractivity contribution in [3.8, 4) is 5.75 Å². The first kappa shape index (κ1) is 17.2. The van der Waals surface area contributed by atoms with Gasteiger partial charge in [0.1, 0.15) is 11.5 Å². The molecule has 9 heteroatoms. The van der Waals surface area contributed by atoms with Gasteiger partial charge in [0.2, 0.25) is 0 Å². The van der Waals surface area contributed by atoms with Crippen LogP contribution in [-0.2, 0) is 6.54 Å². The van der Waals surface area contributed by atoms with Gasteiger partial charge in [0.05, 0.1) is 24.6 Å². The van der Waals surface area contributed by atoms with E-state index >= 15 is 0 Å². The van der Waals surface area contributed by atoms with E-state index in [1.165, 1.54) is 23.1 Å². The summed E-state index contributed by atoms with van der Waals surface area (Å²) in [5.74, 6) is -0.0599. The number of nitrogens with one attached hydrogen (secondary N) is 2. The molecule has 0 spiro atoms. The fourth-order valence-electron chi connectivity index (χ4n) is 2.61. The number of benzene rings is 1. The summed E-state index contributed by atoms with van der Waals surface area (Å²) in [5, 5.41) is 7.49. The predicted molar refractivity (Wildman–Crippen MR) is 101 cm³/mol. The predicted octanol–water partition coefficient (Wildman–Crippen LogP) is 4.32. The van der Waals surface area contributed by atoms with Crippen molar-refractivity contribution < 1.29 is 13.9 Å². The van der Waals surface area contributed by atoms with E-state index in [4.69, 9.17) is 4.74 Å². The van der Waals surface area contributed by atoms with Crippen LogP contribution in [0.2, 0.25) is 0 Å². The topological polar surface area (TPSA) is 84.8 Å². The second-order valence-corrected chi connectivity index (χ2v) is 6.65. The lowest BCUT2D eigenvalue weighted by molar-refractivity contribution is 0.215. The van der Waals surface area contributed by atoms with E-state index in [0.29, 0.717) is 16.9 Å². The van der Waals surface area contributed by atoms with Crippen LogP contribution in [0.4, 0.5) is 14.9 Å². The van der Waals surface area contributed by atoms with Gasteiger partial charge >= 0.3 is 6.09 Å². The van der Waals surface area contributed by atoms with Gasteiger partial charge in [0.25, 0.3) is 0 Å². The number of anilines is 1. The SMILES string of the molecule is O=C(Nc1c[nH]c2ncc(Br)cc12)Oc1cnn(Cc2ccccc2F)c1. The molecule has 3 heterocycles. The molecule has 0 unspecified atom stereocenters. The van der Waals surface area contributed by atoms with Crippen molar-refractivity contribution in [2.75, 3.05) is 5.32 Å². The first-order chi connectivity index (χ1) is 13.1. The van der Waals surface area contributed by atoms with Crippen molar-refractivity contribution in [3.63, 3.8) is 0 Å². The fraction of sp³-hybridized carbons (Fsp3) is 0.0556. The maximum absolute atomic E-state index is 13.7. The molecule has 27 heavy (non-hydrogen) atoms. The Kier molecular flexibility index (Phi) is 4.59. The largest absolute Gasteiger partial charge is 0.417 e. The Morgan fingerprint density at radius 2 is 2.19 bits per heavy atom. The Bertz CT molecular complexity index is 1120. The third-order valence-electron chi connectivity index (χ3n) is 3.84. The Morgan fingerprint density at radius 1 is 1.33 bits per heavy atom. The number of fused-ring (bicyclic) bond motifs is 1. The van der Waals surface area contributed by atoms with Crippen LogP contribution in [0, 0.1) is 5.82 Å². The van der Waals surface area contributed by atoms with Crippen molar-refractivity contribution in [1.82, 2.24) is 19.7 Å². The van der Waals surface area contributed by atoms with Crippen molar-refractivity contribution in [1.29, 1.82) is 0 Å². The maximum atomic E-state index is 13.7. The van der Waals surface area contributed by atoms with Crippen LogP contribution in [0.5, 0.6) is 5.75 Å². The number of nitrogens with zero attached hydrogens (tertiary/aromatic N) is 3. The molecule has 0 radical (unpaired) electrons. The lowest BCUT2D eigenvalue weighted by Gasteiger charge is -2.04. The highest BCUT2D eigenvalue weighted by atomic mass is 79.9. The summed E-state index contributed by atoms with van der Waals surface area (Å²) in [6.45, 7) is 0.236. The quantitative estimate of drug-likeness (QED) is 0.505. The van der Waals surface area contributed by atoms with Crippen LogP contribution in [0.1, 0.15) is 5.56 Å². The monoisotopic (exact) mass is 429 g/mol. The zero-order chi connectivity index (χ0) is 18.8. The summed E-state index contributed by atoms with van der Waals surface area (Å²) in [7, 11) is 0. The van der Waals surface area contributed by atoms with E-state index in [1.54, 1.807) is 30.6 Å². The highest BCUT2D eigenvalue weighted by molar-refractivity contribution is 9.10. The van der Waals surface area contributed by atoms with Crippen molar-refractivity contribution >= 4 is 38.7 Å². The molecular formula is C18H13BrFN5O2. The molecule has 2 N–H and O–H groups in total. The number of H-pyrrole nitrogens is 1. The first-order valence-electron chi connectivity index (χ1n) is 7.96. The van der Waals surface area contributed by atoms with Gasteiger partial charge in [-0.3, -0.25) is 10.00 Å². The number of carbonyl (C=O) groups is 1. The van der Waals surface area contributed by atoms with Crippen LogP contribution < -0.4 is 10.1 Å². The van der Waals surface area contributed by atoms with Crippen LogP contribution >= 0.6 is 15.9 Å². The van der Waals surface area contributed by atoms with Gasteiger partial charge in [-0.1, -0.05) is 18.2 Å². The van der Waals surface area contributed by atoms with Crippen LogP contribution in [0.3, 0.4) is 0 Å². The Labute approximate surface area is 161 Å². The van der Waals surface area contributed by atoms with Crippen molar-refractivity contribution in [3.05, 3.63) is 71.0 Å². The number of carbonyl (C=O) groups excluding carboxylic acids is 1. The van der Waals surface area contributed by atoms with E-state index in [9.17, 15) is 9.18 Å². The van der Waals surface area contributed by atoms with Crippen LogP contribution in [0.25, 0.3) is 11.0 Å². The molecule has 0 atom stereocenters. The van der Waals surface area contributed by atoms with Crippen LogP contribution in [-0.4, -0.2) is 25.8 Å². The van der Waals surface area contributed by atoms with E-state index in [0.717, 1.165) is 9.86 Å². The Morgan fingerprint density at radius 3 is 3.04 bits per heavy atom. The number of hydrogen-bond donors (Lipinski definition) is 2. The smallest absolute Gasteiger partial charge is 0.407 e. The second kappa shape index (κ2) is 7.20. The maximum Gasteiger partial charge on any atom is 0.417 e. The molecule has 0 fully saturated rings. The van der Waals surface area contributed by atoms with E-state index < -0.39 is 6.09 Å². The number of hydrogen-bond acceptors (Lipinski definition) is 4. The first-order valence-corrected chi connectivity index (χ1v) is 8.75. The Balaban J connectivity index is 1.43. The molecule has 4 aromatic rings. The van der Waals surface area contributed by atoms with Gasteiger partial charge in [-0.05, 0) is 28.1 Å². The highest BCUT2D eigenvalue weighted by Gasteiger charge is 2.12. The zero-order valence-electron chi connectivity index (χ0n) is 13.8. The lowest BCUT2D eigenvalue weighted by atomic mass is 10.2. The van der Waals surface area contributed by atoms with Crippen molar-refractivity contribution in [2.45, 2.75) is 6.54 Å². The number of aromatic nitrogens is 4. The fourth-order valence-corrected chi connectivity index (χ4v) is 2.94. The number of amides is 1. The van der Waals surface area contributed by atoms with Gasteiger partial charge in [-0.15, -0.1) is 0 Å². The van der Waals surface area contributed by atoms with E-state index in [-0.39, 0.29) is 18.1 Å². The summed E-state index contributed by atoms with van der Waals surface area (Å²) in [6.07, 6.45) is 5.55. The summed E-state index contributed by atoms with van der Waals surface area (Å²) in [5.41, 5.74) is 1.68. The molecule has 3 aromatic heterocycles. The standard InChI is InChI=1S/C18H13BrFN5O2/c19-12-5-14-16(8-22-17(14)21-6-12)24-18(26)27-13-7-23-25(10-13)9-11-3-1-2-4-15(11)20/h1-8,10H,9H2,(H,21,22)(H,24,26). The minimum Gasteiger partial charge on any atom is -0.407 e. The summed E-state index contributed by atoms with van der Waals surface area (Å²) < 4.78 is 21.2. The molecule has 0 aliphatic carbocycles. The summed E-state index contributed by atoms with van der Waals surface area (Å²) >= 11 is 3.35. The average molecular weight is 430 g/mol. The Hall–Kier alpha value is -3.20. The van der Waals surface area contributed by atoms with Gasteiger partial charge in [0, 0.05) is 27.8 Å². The number of aromatic amines is 1. The molecule has 0 aliphatic heterocycles. The molecule has 7 nitrogen and oxygen atoms in total. The molecule has 0 bridgehead atoms. The third kappa shape index (κ3) is 3.82. The van der Waals surface area contributed by atoms with Crippen molar-refractivity contribution in [2.24, 2.45) is 0 Å². The highest BCUT2D eigenvalue weighted by Crippen LogP contribution is 2.25. The normalized spacial score (nSPS) is 10.9. The summed E-state index contributed by atoms with van der Waals surface area (Å²) in [6, 6.07) is 8.27. The average Bonchev–Trinajstić information content (AvgIpc) is 3.24. The number of ether oxygens (including phenoxy) is 1. The molecular weight excluding hydrogens is 417 g/mol. The van der Waals surface area contributed by atoms with Crippen LogP contribution in [0.15, 0.2) is 59.6 Å². The zero-order valence-corrected chi connectivity index (χ0v) is 15.4. The number of rotatable bonds is 4. The molecule has 0 saturated carbocycles. The van der Waals surface area contributed by atoms with E-state index in [1.807, 2.05) is 6.07 Å². The molecule has 0 saturated heterocycles. The minimum absolute atomic E-state index is 0.236. The van der Waals surface area contributed by atoms with Gasteiger partial charge in [0.15, 0.2) is 5.75 Å². The van der Waals surface area contributed by atoms with E-state index in [2.05, 4.69) is 36.3 Å².